The summed E-state index contributed by atoms with van der Waals surface area (Å²) in [6.07, 6.45) is 1.98. The van der Waals surface area contributed by atoms with E-state index in [-0.39, 0.29) is 5.54 Å². The van der Waals surface area contributed by atoms with Crippen LogP contribution in [-0.4, -0.2) is 35.1 Å². The third kappa shape index (κ3) is 5.88. The van der Waals surface area contributed by atoms with E-state index in [4.69, 9.17) is 4.74 Å². The predicted molar refractivity (Wildman–Crippen MR) is 65.5 cm³/mol. The van der Waals surface area contributed by atoms with Crippen molar-refractivity contribution in [3.63, 3.8) is 0 Å². The summed E-state index contributed by atoms with van der Waals surface area (Å²) in [4.78, 5) is 0. The molecule has 0 radical (unpaired) electrons. The number of rotatable bonds is 6. The molecule has 0 aliphatic carbocycles. The first-order chi connectivity index (χ1) is 7.47. The predicted octanol–water partition coefficient (Wildman–Crippen LogP) is 1.60. The highest BCUT2D eigenvalue weighted by Crippen LogP contribution is 1.97. The van der Waals surface area contributed by atoms with Gasteiger partial charge in [0.25, 0.3) is 0 Å². The van der Waals surface area contributed by atoms with Gasteiger partial charge in [0.15, 0.2) is 0 Å². The van der Waals surface area contributed by atoms with E-state index in [0.717, 1.165) is 25.4 Å². The fraction of sp³-hybridized carbons (Fsp3) is 0.750. The van der Waals surface area contributed by atoms with Gasteiger partial charge in [0.1, 0.15) is 0 Å². The average Bonchev–Trinajstić information content (AvgIpc) is 2.56. The zero-order valence-corrected chi connectivity index (χ0v) is 10.8. The quantitative estimate of drug-likeness (QED) is 0.747. The zero-order valence-electron chi connectivity index (χ0n) is 10.8. The van der Waals surface area contributed by atoms with Crippen molar-refractivity contribution in [2.24, 2.45) is 0 Å². The summed E-state index contributed by atoms with van der Waals surface area (Å²) in [5.41, 5.74) is 1.22. The molecule has 0 unspecified atom stereocenters. The molecule has 0 aliphatic rings. The molecule has 0 amide bonds. The summed E-state index contributed by atoms with van der Waals surface area (Å²) in [7, 11) is 0. The molecule has 1 rings (SSSR count). The fourth-order valence-electron chi connectivity index (χ4n) is 1.35. The Morgan fingerprint density at radius 3 is 2.69 bits per heavy atom. The van der Waals surface area contributed by atoms with Gasteiger partial charge in [-0.15, -0.1) is 0 Å². The van der Waals surface area contributed by atoms with E-state index in [1.807, 2.05) is 23.9 Å². The van der Waals surface area contributed by atoms with E-state index in [9.17, 15) is 0 Å². The lowest BCUT2D eigenvalue weighted by Gasteiger charge is -2.20. The Labute approximate surface area is 98.0 Å². The van der Waals surface area contributed by atoms with E-state index in [0.29, 0.717) is 6.61 Å². The largest absolute Gasteiger partial charge is 0.378 e. The third-order valence-electron chi connectivity index (χ3n) is 2.14. The van der Waals surface area contributed by atoms with Gasteiger partial charge in [-0.25, -0.2) is 0 Å². The molecule has 1 N–H and O–H groups in total. The molecule has 0 atom stereocenters. The molecule has 4 nitrogen and oxygen atoms in total. The Kier molecular flexibility index (Phi) is 4.96. The number of hydrogen-bond donors (Lipinski definition) is 1. The number of ether oxygens (including phenoxy) is 1. The first kappa shape index (κ1) is 13.2. The Morgan fingerprint density at radius 1 is 1.38 bits per heavy atom. The minimum absolute atomic E-state index is 0.169. The minimum Gasteiger partial charge on any atom is -0.378 e. The lowest BCUT2D eigenvalue weighted by Crippen LogP contribution is -2.38. The van der Waals surface area contributed by atoms with Gasteiger partial charge in [0, 0.05) is 18.3 Å². The summed E-state index contributed by atoms with van der Waals surface area (Å²) in [6, 6.07) is 2.00. The van der Waals surface area contributed by atoms with Crippen LogP contribution < -0.4 is 5.32 Å². The normalized spacial score (nSPS) is 12.0. The minimum atomic E-state index is 0.169. The number of aryl methyl sites for hydroxylation is 1. The summed E-state index contributed by atoms with van der Waals surface area (Å²) in [5.74, 6) is 0. The van der Waals surface area contributed by atoms with Gasteiger partial charge in [0.2, 0.25) is 0 Å². The highest BCUT2D eigenvalue weighted by atomic mass is 16.5. The molecule has 0 aliphatic heterocycles. The molecule has 0 aromatic carbocycles. The Bertz CT molecular complexity index is 301. The van der Waals surface area contributed by atoms with Crippen LogP contribution in [0.3, 0.4) is 0 Å². The maximum Gasteiger partial charge on any atom is 0.0663 e. The van der Waals surface area contributed by atoms with E-state index < -0.39 is 0 Å². The van der Waals surface area contributed by atoms with Crippen LogP contribution in [0.5, 0.6) is 0 Å². The third-order valence-corrected chi connectivity index (χ3v) is 2.14. The summed E-state index contributed by atoms with van der Waals surface area (Å²) in [5, 5.41) is 7.67. The van der Waals surface area contributed by atoms with E-state index in [1.54, 1.807) is 0 Å². The van der Waals surface area contributed by atoms with E-state index >= 15 is 0 Å². The topological polar surface area (TPSA) is 39.1 Å². The standard InChI is InChI=1S/C12H23N3O/c1-11-5-7-15(14-11)8-10-16-9-6-13-12(2,3)4/h5,7,13H,6,8-10H2,1-4H3. The van der Waals surface area contributed by atoms with Crippen molar-refractivity contribution in [2.75, 3.05) is 19.8 Å². The Balaban J connectivity index is 2.00. The van der Waals surface area contributed by atoms with Crippen LogP contribution in [0, 0.1) is 6.92 Å². The van der Waals surface area contributed by atoms with Crippen molar-refractivity contribution in [3.05, 3.63) is 18.0 Å². The number of aromatic nitrogens is 2. The van der Waals surface area contributed by atoms with Crippen molar-refractivity contribution < 1.29 is 4.74 Å². The highest BCUT2D eigenvalue weighted by molar-refractivity contribution is 4.94. The summed E-state index contributed by atoms with van der Waals surface area (Å²) in [6.45, 7) is 11.6. The van der Waals surface area contributed by atoms with Gasteiger partial charge in [-0.05, 0) is 33.8 Å². The summed E-state index contributed by atoms with van der Waals surface area (Å²) >= 11 is 0. The van der Waals surface area contributed by atoms with Crippen LogP contribution >= 0.6 is 0 Å². The molecule has 0 spiro atoms. The molecule has 0 saturated heterocycles. The number of nitrogens with zero attached hydrogens (tertiary/aromatic N) is 2. The number of hydrogen-bond acceptors (Lipinski definition) is 3. The lowest BCUT2D eigenvalue weighted by molar-refractivity contribution is 0.121. The van der Waals surface area contributed by atoms with Crippen molar-refractivity contribution in [1.29, 1.82) is 0 Å². The van der Waals surface area contributed by atoms with Crippen LogP contribution in [0.1, 0.15) is 26.5 Å². The van der Waals surface area contributed by atoms with Gasteiger partial charge in [-0.1, -0.05) is 0 Å². The molecular formula is C12H23N3O. The van der Waals surface area contributed by atoms with Gasteiger partial charge in [-0.3, -0.25) is 4.68 Å². The molecule has 1 aromatic heterocycles. The molecular weight excluding hydrogens is 202 g/mol. The first-order valence-corrected chi connectivity index (χ1v) is 5.80. The van der Waals surface area contributed by atoms with E-state index in [1.165, 1.54) is 0 Å². The Morgan fingerprint density at radius 2 is 2.12 bits per heavy atom. The van der Waals surface area contributed by atoms with Crippen molar-refractivity contribution in [1.82, 2.24) is 15.1 Å². The fourth-order valence-corrected chi connectivity index (χ4v) is 1.35. The molecule has 92 valence electrons. The van der Waals surface area contributed by atoms with E-state index in [2.05, 4.69) is 31.2 Å². The molecule has 1 aromatic rings. The molecule has 16 heavy (non-hydrogen) atoms. The smallest absolute Gasteiger partial charge is 0.0663 e. The maximum atomic E-state index is 5.52. The molecule has 0 saturated carbocycles. The van der Waals surface area contributed by atoms with Gasteiger partial charge < -0.3 is 10.1 Å². The second-order valence-electron chi connectivity index (χ2n) is 5.01. The second kappa shape index (κ2) is 6.01. The van der Waals surface area contributed by atoms with Crippen LogP contribution in [0.15, 0.2) is 12.3 Å². The summed E-state index contributed by atoms with van der Waals surface area (Å²) < 4.78 is 7.43. The molecule has 0 bridgehead atoms. The zero-order chi connectivity index (χ0) is 12.0. The van der Waals surface area contributed by atoms with Crippen LogP contribution in [-0.2, 0) is 11.3 Å². The highest BCUT2D eigenvalue weighted by Gasteiger charge is 2.06. The second-order valence-corrected chi connectivity index (χ2v) is 5.01. The monoisotopic (exact) mass is 225 g/mol. The lowest BCUT2D eigenvalue weighted by atomic mass is 10.1. The average molecular weight is 225 g/mol. The van der Waals surface area contributed by atoms with Gasteiger partial charge >= 0.3 is 0 Å². The Hall–Kier alpha value is -0.870. The van der Waals surface area contributed by atoms with Crippen LogP contribution in [0.4, 0.5) is 0 Å². The van der Waals surface area contributed by atoms with Crippen molar-refractivity contribution in [3.8, 4) is 0 Å². The van der Waals surface area contributed by atoms with Crippen molar-refractivity contribution in [2.45, 2.75) is 39.8 Å². The van der Waals surface area contributed by atoms with Crippen LogP contribution in [0.2, 0.25) is 0 Å². The molecule has 4 heteroatoms. The van der Waals surface area contributed by atoms with Gasteiger partial charge in [-0.2, -0.15) is 5.10 Å². The van der Waals surface area contributed by atoms with Crippen LogP contribution in [0.25, 0.3) is 0 Å². The maximum absolute atomic E-state index is 5.52. The molecule has 0 fully saturated rings. The molecule has 1 heterocycles. The van der Waals surface area contributed by atoms with Gasteiger partial charge in [0.05, 0.1) is 25.5 Å². The van der Waals surface area contributed by atoms with Crippen molar-refractivity contribution >= 4 is 0 Å². The SMILES string of the molecule is Cc1ccn(CCOCCNC(C)(C)C)n1. The number of nitrogens with one attached hydrogen (secondary N) is 1. The first-order valence-electron chi connectivity index (χ1n) is 5.80.